The second-order valence-corrected chi connectivity index (χ2v) is 7.03. The van der Waals surface area contributed by atoms with Gasteiger partial charge in [0.1, 0.15) is 5.82 Å². The van der Waals surface area contributed by atoms with Crippen molar-refractivity contribution in [2.24, 2.45) is 0 Å². The summed E-state index contributed by atoms with van der Waals surface area (Å²) in [5.41, 5.74) is 5.95. The number of halogens is 1. The highest BCUT2D eigenvalue weighted by molar-refractivity contribution is 7.80. The zero-order valence-electron chi connectivity index (χ0n) is 15.7. The molecule has 6 heteroatoms. The largest absolute Gasteiger partial charge is 0.358 e. The van der Waals surface area contributed by atoms with Gasteiger partial charge in [-0.05, 0) is 56.2 Å². The van der Waals surface area contributed by atoms with E-state index < -0.39 is 0 Å². The molecule has 0 saturated heterocycles. The minimum absolute atomic E-state index is 0.242. The molecule has 0 aliphatic rings. The maximum atomic E-state index is 13.4. The molecule has 0 aliphatic heterocycles. The molecule has 4 nitrogen and oxygen atoms in total. The third-order valence-electron chi connectivity index (χ3n) is 4.42. The first-order valence-corrected chi connectivity index (χ1v) is 9.22. The van der Waals surface area contributed by atoms with Gasteiger partial charge in [0.05, 0.1) is 23.6 Å². The zero-order valence-corrected chi connectivity index (χ0v) is 16.5. The topological polar surface area (TPSA) is 41.9 Å². The van der Waals surface area contributed by atoms with E-state index >= 15 is 0 Å². The molecule has 2 N–H and O–H groups in total. The molecule has 0 saturated carbocycles. The van der Waals surface area contributed by atoms with Gasteiger partial charge in [-0.25, -0.2) is 4.39 Å². The summed E-state index contributed by atoms with van der Waals surface area (Å²) in [7, 11) is 0. The molecule has 0 unspecified atom stereocenters. The Bertz CT molecular complexity index is 947. The minimum Gasteiger partial charge on any atom is -0.358 e. The van der Waals surface area contributed by atoms with Gasteiger partial charge in [0.15, 0.2) is 5.11 Å². The van der Waals surface area contributed by atoms with Crippen LogP contribution in [0, 0.1) is 26.6 Å². The van der Waals surface area contributed by atoms with Crippen LogP contribution in [0.1, 0.15) is 28.1 Å². The Morgan fingerprint density at radius 3 is 2.52 bits per heavy atom. The van der Waals surface area contributed by atoms with E-state index in [1.165, 1.54) is 23.3 Å². The summed E-state index contributed by atoms with van der Waals surface area (Å²) in [5.74, 6) is -0.242. The molecule has 1 aromatic heterocycles. The fourth-order valence-electron chi connectivity index (χ4n) is 2.89. The number of aryl methyl sites for hydroxylation is 2. The van der Waals surface area contributed by atoms with E-state index in [1.807, 2.05) is 24.6 Å². The fourth-order valence-corrected chi connectivity index (χ4v) is 3.06. The average molecular weight is 383 g/mol. The lowest BCUT2D eigenvalue weighted by Crippen LogP contribution is -2.28. The van der Waals surface area contributed by atoms with Crippen LogP contribution < -0.4 is 10.6 Å². The second kappa shape index (κ2) is 8.31. The molecule has 0 bridgehead atoms. The number of aromatic nitrogens is 2. The third-order valence-corrected chi connectivity index (χ3v) is 4.66. The van der Waals surface area contributed by atoms with Crippen molar-refractivity contribution in [1.29, 1.82) is 0 Å². The van der Waals surface area contributed by atoms with Gasteiger partial charge in [-0.2, -0.15) is 5.10 Å². The van der Waals surface area contributed by atoms with Crippen LogP contribution in [0.25, 0.3) is 0 Å². The molecule has 1 heterocycles. The molecular formula is C21H23FN4S. The molecule has 0 atom stereocenters. The van der Waals surface area contributed by atoms with E-state index in [0.29, 0.717) is 18.2 Å². The highest BCUT2D eigenvalue weighted by Gasteiger charge is 2.13. The Labute approximate surface area is 164 Å². The number of nitrogens with zero attached hydrogens (tertiary/aromatic N) is 2. The summed E-state index contributed by atoms with van der Waals surface area (Å²) in [6.07, 6.45) is 0. The van der Waals surface area contributed by atoms with Gasteiger partial charge < -0.3 is 10.6 Å². The molecule has 3 rings (SSSR count). The lowest BCUT2D eigenvalue weighted by molar-refractivity contribution is 0.616. The van der Waals surface area contributed by atoms with Crippen molar-refractivity contribution in [2.75, 3.05) is 5.32 Å². The predicted octanol–water partition coefficient (Wildman–Crippen LogP) is 4.48. The SMILES string of the molecule is Cc1ccc(CNC(=S)Nc2c(C)nn(Cc3cccc(F)c3)c2C)cc1. The van der Waals surface area contributed by atoms with Crippen molar-refractivity contribution in [2.45, 2.75) is 33.9 Å². The maximum Gasteiger partial charge on any atom is 0.171 e. The van der Waals surface area contributed by atoms with Gasteiger partial charge in [0.25, 0.3) is 0 Å². The van der Waals surface area contributed by atoms with Crippen molar-refractivity contribution in [1.82, 2.24) is 15.1 Å². The Hall–Kier alpha value is -2.73. The van der Waals surface area contributed by atoms with Crippen LogP contribution >= 0.6 is 12.2 Å². The molecule has 0 radical (unpaired) electrons. The average Bonchev–Trinajstić information content (AvgIpc) is 2.89. The van der Waals surface area contributed by atoms with E-state index in [4.69, 9.17) is 12.2 Å². The van der Waals surface area contributed by atoms with E-state index in [0.717, 1.165) is 22.6 Å². The van der Waals surface area contributed by atoms with Gasteiger partial charge in [0, 0.05) is 6.54 Å². The summed E-state index contributed by atoms with van der Waals surface area (Å²) in [6.45, 7) is 7.14. The van der Waals surface area contributed by atoms with Gasteiger partial charge in [-0.1, -0.05) is 42.0 Å². The number of thiocarbonyl (C=S) groups is 1. The maximum absolute atomic E-state index is 13.4. The first kappa shape index (κ1) is 19.0. The molecule has 2 aromatic carbocycles. The fraction of sp³-hybridized carbons (Fsp3) is 0.238. The van der Waals surface area contributed by atoms with Crippen LogP contribution in [-0.4, -0.2) is 14.9 Å². The highest BCUT2D eigenvalue weighted by atomic mass is 32.1. The summed E-state index contributed by atoms with van der Waals surface area (Å²) in [6, 6.07) is 14.9. The number of benzene rings is 2. The highest BCUT2D eigenvalue weighted by Crippen LogP contribution is 2.20. The van der Waals surface area contributed by atoms with Crippen molar-refractivity contribution in [3.05, 3.63) is 82.4 Å². The lowest BCUT2D eigenvalue weighted by atomic mass is 10.1. The molecular weight excluding hydrogens is 359 g/mol. The van der Waals surface area contributed by atoms with Gasteiger partial charge in [0.2, 0.25) is 0 Å². The number of hydrogen-bond acceptors (Lipinski definition) is 2. The Balaban J connectivity index is 1.65. The molecule has 0 aliphatic carbocycles. The molecule has 0 amide bonds. The number of rotatable bonds is 5. The Morgan fingerprint density at radius 1 is 1.07 bits per heavy atom. The van der Waals surface area contributed by atoms with Crippen LogP contribution in [0.2, 0.25) is 0 Å². The Morgan fingerprint density at radius 2 is 1.81 bits per heavy atom. The standard InChI is InChI=1S/C21H23FN4S/c1-14-7-9-17(10-8-14)12-23-21(27)24-20-15(2)25-26(16(20)3)13-18-5-4-6-19(22)11-18/h4-11H,12-13H2,1-3H3,(H2,23,24,27). The summed E-state index contributed by atoms with van der Waals surface area (Å²) >= 11 is 5.43. The van der Waals surface area contributed by atoms with E-state index in [9.17, 15) is 4.39 Å². The van der Waals surface area contributed by atoms with Crippen molar-refractivity contribution >= 4 is 23.0 Å². The van der Waals surface area contributed by atoms with E-state index in [1.54, 1.807) is 6.07 Å². The van der Waals surface area contributed by atoms with Crippen molar-refractivity contribution in [3.63, 3.8) is 0 Å². The number of anilines is 1. The smallest absolute Gasteiger partial charge is 0.171 e. The van der Waals surface area contributed by atoms with Crippen LogP contribution in [0.15, 0.2) is 48.5 Å². The van der Waals surface area contributed by atoms with Crippen LogP contribution in [0.4, 0.5) is 10.1 Å². The summed E-state index contributed by atoms with van der Waals surface area (Å²) in [4.78, 5) is 0. The number of nitrogens with one attached hydrogen (secondary N) is 2. The zero-order chi connectivity index (χ0) is 19.4. The normalized spacial score (nSPS) is 10.7. The van der Waals surface area contributed by atoms with Crippen molar-refractivity contribution < 1.29 is 4.39 Å². The molecule has 140 valence electrons. The van der Waals surface area contributed by atoms with Gasteiger partial charge in [-0.3, -0.25) is 4.68 Å². The quantitative estimate of drug-likeness (QED) is 0.639. The van der Waals surface area contributed by atoms with Crippen LogP contribution in [-0.2, 0) is 13.1 Å². The summed E-state index contributed by atoms with van der Waals surface area (Å²) in [5, 5.41) is 11.6. The third kappa shape index (κ3) is 4.92. The van der Waals surface area contributed by atoms with Crippen LogP contribution in [0.5, 0.6) is 0 Å². The van der Waals surface area contributed by atoms with Gasteiger partial charge >= 0.3 is 0 Å². The molecule has 3 aromatic rings. The molecule has 27 heavy (non-hydrogen) atoms. The Kier molecular flexibility index (Phi) is 5.86. The van der Waals surface area contributed by atoms with Crippen molar-refractivity contribution in [3.8, 4) is 0 Å². The molecule has 0 fully saturated rings. The van der Waals surface area contributed by atoms with Crippen LogP contribution in [0.3, 0.4) is 0 Å². The first-order chi connectivity index (χ1) is 12.9. The second-order valence-electron chi connectivity index (χ2n) is 6.63. The molecule has 0 spiro atoms. The summed E-state index contributed by atoms with van der Waals surface area (Å²) < 4.78 is 15.3. The first-order valence-electron chi connectivity index (χ1n) is 8.81. The lowest BCUT2D eigenvalue weighted by Gasteiger charge is -2.11. The number of hydrogen-bond donors (Lipinski definition) is 2. The minimum atomic E-state index is -0.242. The van der Waals surface area contributed by atoms with Gasteiger partial charge in [-0.15, -0.1) is 0 Å². The van der Waals surface area contributed by atoms with E-state index in [-0.39, 0.29) is 5.82 Å². The monoisotopic (exact) mass is 382 g/mol. The van der Waals surface area contributed by atoms with E-state index in [2.05, 4.69) is 46.9 Å². The predicted molar refractivity (Wildman–Crippen MR) is 111 cm³/mol.